The Morgan fingerprint density at radius 1 is 1.73 bits per heavy atom. The summed E-state index contributed by atoms with van der Waals surface area (Å²) in [6.45, 7) is 2.78. The highest BCUT2D eigenvalue weighted by Gasteiger charge is 2.44. The van der Waals surface area contributed by atoms with E-state index in [0.29, 0.717) is 0 Å². The minimum Gasteiger partial charge on any atom is -0.317 e. The summed E-state index contributed by atoms with van der Waals surface area (Å²) in [7, 11) is 1.98. The number of nitrogens with zero attached hydrogens (tertiary/aromatic N) is 2. The first kappa shape index (κ1) is 6.79. The van der Waals surface area contributed by atoms with Crippen LogP contribution < -0.4 is 0 Å². The maximum atomic E-state index is 11.0. The molecule has 0 saturated carbocycles. The van der Waals surface area contributed by atoms with Crippen molar-refractivity contribution in [3.63, 3.8) is 0 Å². The molecule has 2 rings (SSSR count). The van der Waals surface area contributed by atoms with Gasteiger partial charge in [0.05, 0.1) is 5.71 Å². The Hall–Kier alpha value is -0.900. The Kier molecular flexibility index (Phi) is 1.26. The van der Waals surface area contributed by atoms with Gasteiger partial charge in [-0.2, -0.15) is 0 Å². The van der Waals surface area contributed by atoms with Crippen molar-refractivity contribution in [2.24, 2.45) is 11.1 Å². The second-order valence-electron chi connectivity index (χ2n) is 3.13. The standard InChI is InChI=1S/C7H10N2O2/c1-4-6-5(3-9(4)2)8-11-7(6)10/h4,6H,3H2,1-2H3. The van der Waals surface area contributed by atoms with Crippen molar-refractivity contribution in [3.8, 4) is 0 Å². The molecular formula is C7H10N2O2. The molecule has 2 unspecified atom stereocenters. The van der Waals surface area contributed by atoms with Gasteiger partial charge in [0.1, 0.15) is 5.92 Å². The second kappa shape index (κ2) is 2.04. The fourth-order valence-corrected chi connectivity index (χ4v) is 1.61. The first-order valence-corrected chi connectivity index (χ1v) is 3.68. The lowest BCUT2D eigenvalue weighted by atomic mass is 10.0. The van der Waals surface area contributed by atoms with Gasteiger partial charge in [-0.25, -0.2) is 4.79 Å². The number of hydrogen-bond donors (Lipinski definition) is 0. The molecule has 0 radical (unpaired) electrons. The average molecular weight is 154 g/mol. The van der Waals surface area contributed by atoms with Crippen LogP contribution in [0.3, 0.4) is 0 Å². The number of oxime groups is 1. The lowest BCUT2D eigenvalue weighted by Gasteiger charge is -2.15. The number of carbonyl (C=O) groups is 1. The van der Waals surface area contributed by atoms with Crippen LogP contribution >= 0.6 is 0 Å². The molecule has 2 heterocycles. The van der Waals surface area contributed by atoms with Crippen LogP contribution in [0.1, 0.15) is 6.92 Å². The summed E-state index contributed by atoms with van der Waals surface area (Å²) >= 11 is 0. The number of hydrogen-bond acceptors (Lipinski definition) is 4. The van der Waals surface area contributed by atoms with Crippen LogP contribution in [-0.4, -0.2) is 36.2 Å². The molecule has 60 valence electrons. The zero-order valence-corrected chi connectivity index (χ0v) is 6.57. The monoisotopic (exact) mass is 154 g/mol. The SMILES string of the molecule is CC1C2C(=O)ON=C2CN1C. The van der Waals surface area contributed by atoms with E-state index < -0.39 is 0 Å². The van der Waals surface area contributed by atoms with E-state index in [-0.39, 0.29) is 17.9 Å². The molecule has 1 saturated heterocycles. The van der Waals surface area contributed by atoms with Crippen molar-refractivity contribution in [2.45, 2.75) is 13.0 Å². The van der Waals surface area contributed by atoms with Crippen molar-refractivity contribution < 1.29 is 9.63 Å². The molecule has 0 N–H and O–H groups in total. The van der Waals surface area contributed by atoms with E-state index in [1.54, 1.807) is 0 Å². The number of fused-ring (bicyclic) bond motifs is 1. The zero-order chi connectivity index (χ0) is 8.01. The number of likely N-dealkylation sites (tertiary alicyclic amines) is 1. The Labute approximate surface area is 64.8 Å². The highest BCUT2D eigenvalue weighted by atomic mass is 16.7. The molecule has 2 aliphatic heterocycles. The minimum absolute atomic E-state index is 0.0972. The van der Waals surface area contributed by atoms with Crippen LogP contribution in [-0.2, 0) is 9.63 Å². The van der Waals surface area contributed by atoms with Crippen molar-refractivity contribution in [1.29, 1.82) is 0 Å². The predicted molar refractivity (Wildman–Crippen MR) is 39.1 cm³/mol. The second-order valence-corrected chi connectivity index (χ2v) is 3.13. The van der Waals surface area contributed by atoms with Gasteiger partial charge in [0.25, 0.3) is 0 Å². The Morgan fingerprint density at radius 2 is 2.45 bits per heavy atom. The third kappa shape index (κ3) is 0.790. The van der Waals surface area contributed by atoms with E-state index >= 15 is 0 Å². The molecule has 0 aromatic rings. The van der Waals surface area contributed by atoms with Crippen LogP contribution in [0.15, 0.2) is 5.16 Å². The molecule has 4 nitrogen and oxygen atoms in total. The van der Waals surface area contributed by atoms with Crippen LogP contribution in [0.2, 0.25) is 0 Å². The van der Waals surface area contributed by atoms with Crippen LogP contribution in [0.4, 0.5) is 0 Å². The van der Waals surface area contributed by atoms with Gasteiger partial charge in [-0.05, 0) is 14.0 Å². The summed E-state index contributed by atoms with van der Waals surface area (Å²) in [5.74, 6) is -0.295. The third-order valence-corrected chi connectivity index (χ3v) is 2.45. The predicted octanol–water partition coefficient (Wildman–Crippen LogP) is -0.151. The summed E-state index contributed by atoms with van der Waals surface area (Å²) in [5.41, 5.74) is 0.880. The maximum Gasteiger partial charge on any atom is 0.345 e. The Morgan fingerprint density at radius 3 is 3.09 bits per heavy atom. The van der Waals surface area contributed by atoms with E-state index in [1.807, 2.05) is 14.0 Å². The molecule has 2 aliphatic rings. The van der Waals surface area contributed by atoms with Gasteiger partial charge in [-0.1, -0.05) is 5.16 Å². The van der Waals surface area contributed by atoms with Gasteiger partial charge >= 0.3 is 5.97 Å². The topological polar surface area (TPSA) is 41.9 Å². The molecule has 1 fully saturated rings. The zero-order valence-electron chi connectivity index (χ0n) is 6.57. The normalized spacial score (nSPS) is 36.9. The van der Waals surface area contributed by atoms with Crippen molar-refractivity contribution in [1.82, 2.24) is 4.90 Å². The average Bonchev–Trinajstić information content (AvgIpc) is 2.41. The van der Waals surface area contributed by atoms with Gasteiger partial charge in [0.15, 0.2) is 0 Å². The van der Waals surface area contributed by atoms with Gasteiger partial charge in [0, 0.05) is 12.6 Å². The first-order valence-electron chi connectivity index (χ1n) is 3.68. The molecule has 4 heteroatoms. The minimum atomic E-state index is -0.197. The van der Waals surface area contributed by atoms with Gasteiger partial charge in [0.2, 0.25) is 0 Å². The summed E-state index contributed by atoms with van der Waals surface area (Å²) < 4.78 is 0. The van der Waals surface area contributed by atoms with Crippen LogP contribution in [0.25, 0.3) is 0 Å². The number of carbonyl (C=O) groups excluding carboxylic acids is 1. The molecule has 11 heavy (non-hydrogen) atoms. The Bertz CT molecular complexity index is 237. The van der Waals surface area contributed by atoms with Crippen molar-refractivity contribution in [2.75, 3.05) is 13.6 Å². The lowest BCUT2D eigenvalue weighted by Crippen LogP contribution is -2.29. The highest BCUT2D eigenvalue weighted by molar-refractivity contribution is 6.08. The molecule has 2 atom stereocenters. The summed E-state index contributed by atoms with van der Waals surface area (Å²) in [4.78, 5) is 17.7. The van der Waals surface area contributed by atoms with E-state index in [1.165, 1.54) is 0 Å². The number of rotatable bonds is 0. The highest BCUT2D eigenvalue weighted by Crippen LogP contribution is 2.25. The molecule has 0 aromatic carbocycles. The van der Waals surface area contributed by atoms with E-state index in [0.717, 1.165) is 12.3 Å². The maximum absolute atomic E-state index is 11.0. The van der Waals surface area contributed by atoms with E-state index in [2.05, 4.69) is 14.9 Å². The van der Waals surface area contributed by atoms with Gasteiger partial charge in [-0.15, -0.1) is 0 Å². The fourth-order valence-electron chi connectivity index (χ4n) is 1.61. The van der Waals surface area contributed by atoms with E-state index in [4.69, 9.17) is 0 Å². The largest absolute Gasteiger partial charge is 0.345 e. The summed E-state index contributed by atoms with van der Waals surface area (Å²) in [5, 5.41) is 3.70. The third-order valence-electron chi connectivity index (χ3n) is 2.45. The van der Waals surface area contributed by atoms with Crippen LogP contribution in [0.5, 0.6) is 0 Å². The lowest BCUT2D eigenvalue weighted by molar-refractivity contribution is -0.144. The first-order chi connectivity index (χ1) is 5.20. The van der Waals surface area contributed by atoms with Crippen molar-refractivity contribution >= 4 is 11.7 Å². The molecule has 0 aliphatic carbocycles. The Balaban J connectivity index is 2.29. The van der Waals surface area contributed by atoms with Crippen molar-refractivity contribution in [3.05, 3.63) is 0 Å². The smallest absolute Gasteiger partial charge is 0.317 e. The molecule has 0 bridgehead atoms. The quantitative estimate of drug-likeness (QED) is 0.456. The molecule has 0 spiro atoms. The summed E-state index contributed by atoms with van der Waals surface area (Å²) in [6, 6.07) is 0.240. The van der Waals surface area contributed by atoms with Gasteiger partial charge in [-0.3, -0.25) is 4.90 Å². The molecule has 0 aromatic heterocycles. The fraction of sp³-hybridized carbons (Fsp3) is 0.714. The van der Waals surface area contributed by atoms with E-state index in [9.17, 15) is 4.79 Å². The van der Waals surface area contributed by atoms with Crippen LogP contribution in [0, 0.1) is 5.92 Å². The van der Waals surface area contributed by atoms with Gasteiger partial charge < -0.3 is 4.84 Å². The molecular weight excluding hydrogens is 144 g/mol. The molecule has 0 amide bonds. The summed E-state index contributed by atoms with van der Waals surface area (Å²) in [6.07, 6.45) is 0.